The summed E-state index contributed by atoms with van der Waals surface area (Å²) in [7, 11) is 1.67. The Morgan fingerprint density at radius 2 is 2.00 bits per heavy atom. The Kier molecular flexibility index (Phi) is 5.86. The lowest BCUT2D eigenvalue weighted by atomic mass is 9.82. The number of carbonyl (C=O) groups excluding carboxylic acids is 2. The third kappa shape index (κ3) is 3.83. The molecule has 1 fully saturated rings. The van der Waals surface area contributed by atoms with Crippen molar-refractivity contribution in [3.8, 4) is 11.8 Å². The Morgan fingerprint density at radius 3 is 2.74 bits per heavy atom. The number of nitrogens with one attached hydrogen (secondary N) is 1. The number of amides is 2. The summed E-state index contributed by atoms with van der Waals surface area (Å²) in [6, 6.07) is 3.68. The summed E-state index contributed by atoms with van der Waals surface area (Å²) in [6.07, 6.45) is 5.39. The van der Waals surface area contributed by atoms with E-state index in [0.29, 0.717) is 48.0 Å². The minimum absolute atomic E-state index is 0.0117. The molecule has 38 heavy (non-hydrogen) atoms. The predicted octanol–water partition coefficient (Wildman–Crippen LogP) is 4.87. The van der Waals surface area contributed by atoms with Crippen LogP contribution in [0.4, 0.5) is 4.39 Å². The van der Waals surface area contributed by atoms with Crippen molar-refractivity contribution in [3.63, 3.8) is 0 Å². The summed E-state index contributed by atoms with van der Waals surface area (Å²) in [6.45, 7) is 5.16. The van der Waals surface area contributed by atoms with Crippen LogP contribution >= 0.6 is 11.6 Å². The first-order valence-corrected chi connectivity index (χ1v) is 13.2. The van der Waals surface area contributed by atoms with E-state index >= 15 is 4.39 Å². The number of pyridine rings is 1. The molecule has 2 aliphatic heterocycles. The molecular formula is C28H27ClFN5O3. The van der Waals surface area contributed by atoms with E-state index in [1.807, 2.05) is 19.9 Å². The van der Waals surface area contributed by atoms with Crippen molar-refractivity contribution < 1.29 is 18.7 Å². The highest BCUT2D eigenvalue weighted by molar-refractivity contribution is 6.28. The van der Waals surface area contributed by atoms with E-state index in [9.17, 15) is 9.59 Å². The molecule has 3 aromatic rings. The molecule has 8 nitrogen and oxygen atoms in total. The minimum atomic E-state index is -0.677. The molecule has 1 N–H and O–H groups in total. The SMILES string of the molecule is CCCc1c(C2=C(C)C3(CC3)CNC2=O)ccc2cnc(Oc3nc(Cl)nc4c3C(=O)N(C)CC4)c(F)c12. The van der Waals surface area contributed by atoms with Crippen molar-refractivity contribution in [2.75, 3.05) is 20.1 Å². The Labute approximate surface area is 224 Å². The number of aryl methyl sites for hydroxylation is 1. The molecule has 196 valence electrons. The molecule has 3 aliphatic rings. The molecule has 1 aromatic carbocycles. The van der Waals surface area contributed by atoms with Crippen molar-refractivity contribution in [1.82, 2.24) is 25.2 Å². The molecule has 2 aromatic heterocycles. The maximum Gasteiger partial charge on any atom is 0.260 e. The van der Waals surface area contributed by atoms with Crippen molar-refractivity contribution in [1.29, 1.82) is 0 Å². The highest BCUT2D eigenvalue weighted by Gasteiger charge is 2.49. The van der Waals surface area contributed by atoms with Crippen LogP contribution in [0.25, 0.3) is 16.3 Å². The van der Waals surface area contributed by atoms with Crippen LogP contribution in [0.2, 0.25) is 5.28 Å². The van der Waals surface area contributed by atoms with Gasteiger partial charge in [0, 0.05) is 54.5 Å². The molecule has 1 spiro atoms. The molecule has 1 saturated carbocycles. The Morgan fingerprint density at radius 1 is 1.21 bits per heavy atom. The molecule has 2 amide bonds. The van der Waals surface area contributed by atoms with Gasteiger partial charge in [0.15, 0.2) is 5.82 Å². The third-order valence-electron chi connectivity index (χ3n) is 8.04. The first-order chi connectivity index (χ1) is 18.2. The average Bonchev–Trinajstić information content (AvgIpc) is 3.67. The summed E-state index contributed by atoms with van der Waals surface area (Å²) >= 11 is 6.11. The standard InChI is InChI=1S/C28H27ClFN5O3/c1-4-5-16-17(19-14(2)28(9-10-28)13-32-23(19)36)7-6-15-12-31-25(22(30)20(15)16)38-24-21-18(33-27(29)34-24)8-11-35(3)26(21)37/h6-7,12H,4-5,8-11,13H2,1-3H3,(H,32,36). The second kappa shape index (κ2) is 9.01. The number of benzene rings is 1. The van der Waals surface area contributed by atoms with Gasteiger partial charge < -0.3 is 15.0 Å². The molecular weight excluding hydrogens is 509 g/mol. The fourth-order valence-corrected chi connectivity index (χ4v) is 5.83. The lowest BCUT2D eigenvalue weighted by Crippen LogP contribution is -2.37. The molecule has 1 aliphatic carbocycles. The lowest BCUT2D eigenvalue weighted by Gasteiger charge is -2.28. The number of aromatic nitrogens is 3. The monoisotopic (exact) mass is 535 g/mol. The van der Waals surface area contributed by atoms with Crippen LogP contribution in [0.1, 0.15) is 60.3 Å². The van der Waals surface area contributed by atoms with E-state index in [1.165, 1.54) is 11.1 Å². The number of hydrogen-bond acceptors (Lipinski definition) is 6. The zero-order chi connectivity index (χ0) is 26.8. The fourth-order valence-electron chi connectivity index (χ4n) is 5.66. The number of rotatable bonds is 5. The van der Waals surface area contributed by atoms with Gasteiger partial charge in [0.1, 0.15) is 5.56 Å². The lowest BCUT2D eigenvalue weighted by molar-refractivity contribution is -0.116. The van der Waals surface area contributed by atoms with Gasteiger partial charge in [-0.15, -0.1) is 0 Å². The number of nitrogens with zero attached hydrogens (tertiary/aromatic N) is 4. The van der Waals surface area contributed by atoms with E-state index < -0.39 is 5.82 Å². The Bertz CT molecular complexity index is 1570. The highest BCUT2D eigenvalue weighted by Crippen LogP contribution is 2.55. The highest BCUT2D eigenvalue weighted by atomic mass is 35.5. The van der Waals surface area contributed by atoms with Crippen molar-refractivity contribution in [3.05, 3.63) is 57.4 Å². The number of fused-ring (bicyclic) bond motifs is 2. The van der Waals surface area contributed by atoms with Gasteiger partial charge in [0.2, 0.25) is 11.2 Å². The summed E-state index contributed by atoms with van der Waals surface area (Å²) < 4.78 is 22.1. The fraction of sp³-hybridized carbons (Fsp3) is 0.393. The molecule has 0 saturated heterocycles. The predicted molar refractivity (Wildman–Crippen MR) is 141 cm³/mol. The quantitative estimate of drug-likeness (QED) is 0.468. The zero-order valence-electron chi connectivity index (χ0n) is 21.5. The van der Waals surface area contributed by atoms with Gasteiger partial charge in [-0.3, -0.25) is 9.59 Å². The largest absolute Gasteiger partial charge is 0.417 e. The van der Waals surface area contributed by atoms with Crippen LogP contribution in [0, 0.1) is 11.2 Å². The molecule has 10 heteroatoms. The van der Waals surface area contributed by atoms with Crippen LogP contribution in [-0.4, -0.2) is 51.8 Å². The van der Waals surface area contributed by atoms with E-state index in [2.05, 4.69) is 20.3 Å². The summed E-state index contributed by atoms with van der Waals surface area (Å²) in [5, 5.41) is 3.89. The van der Waals surface area contributed by atoms with Crippen LogP contribution in [0.5, 0.6) is 11.8 Å². The first-order valence-electron chi connectivity index (χ1n) is 12.8. The maximum atomic E-state index is 16.3. The number of likely N-dealkylation sites (N-methyl/N-ethyl adjacent to an activating group) is 1. The number of halogens is 2. The summed E-state index contributed by atoms with van der Waals surface area (Å²) in [5.41, 5.74) is 3.78. The second-order valence-corrected chi connectivity index (χ2v) is 10.7. The van der Waals surface area contributed by atoms with Gasteiger partial charge in [0.25, 0.3) is 17.7 Å². The van der Waals surface area contributed by atoms with E-state index in [-0.39, 0.29) is 39.8 Å². The van der Waals surface area contributed by atoms with Crippen LogP contribution in [0.15, 0.2) is 23.9 Å². The van der Waals surface area contributed by atoms with Crippen molar-refractivity contribution in [2.45, 2.75) is 46.0 Å². The van der Waals surface area contributed by atoms with Gasteiger partial charge in [0.05, 0.1) is 5.69 Å². The molecule has 4 heterocycles. The molecule has 0 radical (unpaired) electrons. The van der Waals surface area contributed by atoms with Gasteiger partial charge in [-0.25, -0.2) is 14.4 Å². The summed E-state index contributed by atoms with van der Waals surface area (Å²) in [4.78, 5) is 40.0. The van der Waals surface area contributed by atoms with E-state index in [4.69, 9.17) is 16.3 Å². The average molecular weight is 536 g/mol. The molecule has 6 rings (SSSR count). The van der Waals surface area contributed by atoms with Crippen molar-refractivity contribution >= 4 is 39.8 Å². The van der Waals surface area contributed by atoms with Crippen LogP contribution in [0.3, 0.4) is 0 Å². The van der Waals surface area contributed by atoms with Gasteiger partial charge in [-0.1, -0.05) is 31.1 Å². The number of carbonyl (C=O) groups is 2. The minimum Gasteiger partial charge on any atom is -0.417 e. The van der Waals surface area contributed by atoms with E-state index in [0.717, 1.165) is 36.0 Å². The second-order valence-electron chi connectivity index (χ2n) is 10.3. The number of ether oxygens (including phenoxy) is 1. The Hall–Kier alpha value is -3.59. The zero-order valence-corrected chi connectivity index (χ0v) is 22.2. The first kappa shape index (κ1) is 24.7. The maximum absolute atomic E-state index is 16.3. The van der Waals surface area contributed by atoms with Gasteiger partial charge in [-0.05, 0) is 48.9 Å². The summed E-state index contributed by atoms with van der Waals surface area (Å²) in [5.74, 6) is -1.58. The normalized spacial score (nSPS) is 18.2. The molecule has 0 atom stereocenters. The van der Waals surface area contributed by atoms with Crippen LogP contribution < -0.4 is 10.1 Å². The topological polar surface area (TPSA) is 97.3 Å². The Balaban J connectivity index is 1.52. The van der Waals surface area contributed by atoms with Gasteiger partial charge >= 0.3 is 0 Å². The molecule has 0 unspecified atom stereocenters. The van der Waals surface area contributed by atoms with Gasteiger partial charge in [-0.2, -0.15) is 4.98 Å². The molecule has 0 bridgehead atoms. The van der Waals surface area contributed by atoms with Crippen molar-refractivity contribution in [2.24, 2.45) is 5.41 Å². The van der Waals surface area contributed by atoms with Crippen LogP contribution in [-0.2, 0) is 17.6 Å². The van der Waals surface area contributed by atoms with E-state index in [1.54, 1.807) is 13.1 Å². The third-order valence-corrected chi connectivity index (χ3v) is 8.21. The number of hydrogen-bond donors (Lipinski definition) is 1. The smallest absolute Gasteiger partial charge is 0.260 e.